The van der Waals surface area contributed by atoms with Gasteiger partial charge in [-0.05, 0) is 45.2 Å². The quantitative estimate of drug-likeness (QED) is 0.781. The van der Waals surface area contributed by atoms with Crippen LogP contribution < -0.4 is 0 Å². The molecule has 1 aromatic heterocycles. The topological polar surface area (TPSA) is 83.7 Å². The monoisotopic (exact) mass is 405 g/mol. The van der Waals surface area contributed by atoms with Crippen LogP contribution >= 0.6 is 0 Å². The number of rotatable bonds is 4. The van der Waals surface area contributed by atoms with Crippen molar-refractivity contribution < 1.29 is 17.6 Å². The molecule has 0 aliphatic carbocycles. The first-order valence-corrected chi connectivity index (χ1v) is 10.8. The first-order valence-electron chi connectivity index (χ1n) is 9.37. The van der Waals surface area contributed by atoms with Gasteiger partial charge < -0.3 is 9.32 Å². The van der Waals surface area contributed by atoms with Gasteiger partial charge in [0.05, 0.1) is 4.90 Å². The van der Waals surface area contributed by atoms with Crippen molar-refractivity contribution in [3.8, 4) is 0 Å². The van der Waals surface area contributed by atoms with E-state index in [1.54, 1.807) is 27.1 Å². The van der Waals surface area contributed by atoms with Crippen LogP contribution in [0.15, 0.2) is 27.5 Å². The molecule has 3 rings (SSSR count). The Balaban J connectivity index is 1.74. The molecule has 1 amide bonds. The highest BCUT2D eigenvalue weighted by atomic mass is 32.2. The van der Waals surface area contributed by atoms with Crippen LogP contribution in [0.3, 0.4) is 0 Å². The van der Waals surface area contributed by atoms with Crippen molar-refractivity contribution in [2.24, 2.45) is 0 Å². The third-order valence-corrected chi connectivity index (χ3v) is 7.23. The minimum absolute atomic E-state index is 0.00739. The molecule has 1 fully saturated rings. The highest BCUT2D eigenvalue weighted by Crippen LogP contribution is 2.32. The summed E-state index contributed by atoms with van der Waals surface area (Å²) >= 11 is 0. The Hall–Kier alpha value is -2.19. The van der Waals surface area contributed by atoms with Crippen LogP contribution in [0.2, 0.25) is 0 Å². The maximum Gasteiger partial charge on any atom is 0.275 e. The lowest BCUT2D eigenvalue weighted by atomic mass is 9.98. The number of oxazole rings is 1. The van der Waals surface area contributed by atoms with E-state index in [-0.39, 0.29) is 11.8 Å². The fourth-order valence-corrected chi connectivity index (χ4v) is 5.25. The minimum atomic E-state index is -3.52. The largest absolute Gasteiger partial charge is 0.445 e. The van der Waals surface area contributed by atoms with Gasteiger partial charge in [0.1, 0.15) is 5.76 Å². The molecule has 2 heterocycles. The van der Waals surface area contributed by atoms with Gasteiger partial charge >= 0.3 is 0 Å². The number of benzene rings is 1. The van der Waals surface area contributed by atoms with Crippen molar-refractivity contribution in [3.05, 3.63) is 46.7 Å². The third kappa shape index (κ3) is 3.84. The second-order valence-corrected chi connectivity index (χ2v) is 9.51. The van der Waals surface area contributed by atoms with Crippen molar-refractivity contribution in [1.29, 1.82) is 0 Å². The summed E-state index contributed by atoms with van der Waals surface area (Å²) in [6.45, 7) is 6.30. The van der Waals surface area contributed by atoms with Gasteiger partial charge in [0, 0.05) is 33.1 Å². The van der Waals surface area contributed by atoms with Crippen LogP contribution in [0.5, 0.6) is 0 Å². The van der Waals surface area contributed by atoms with E-state index in [0.717, 1.165) is 11.1 Å². The molecule has 0 N–H and O–H groups in total. The van der Waals surface area contributed by atoms with Crippen LogP contribution in [0.1, 0.15) is 52.0 Å². The molecule has 0 bridgehead atoms. The third-order valence-electron chi connectivity index (χ3n) is 5.17. The molecule has 0 unspecified atom stereocenters. The summed E-state index contributed by atoms with van der Waals surface area (Å²) in [7, 11) is -0.175. The summed E-state index contributed by atoms with van der Waals surface area (Å²) in [6.07, 6.45) is 1.22. The molecule has 0 spiro atoms. The fraction of sp³-hybridized carbons (Fsp3) is 0.500. The van der Waals surface area contributed by atoms with Gasteiger partial charge in [-0.25, -0.2) is 13.4 Å². The predicted octanol–water partition coefficient (Wildman–Crippen LogP) is 2.87. The van der Waals surface area contributed by atoms with Gasteiger partial charge in [0.2, 0.25) is 10.0 Å². The zero-order valence-corrected chi connectivity index (χ0v) is 17.8. The Kier molecular flexibility index (Phi) is 5.63. The lowest BCUT2D eigenvalue weighted by Crippen LogP contribution is -2.38. The van der Waals surface area contributed by atoms with Gasteiger partial charge in [-0.3, -0.25) is 4.79 Å². The molecule has 7 nitrogen and oxygen atoms in total. The molecule has 1 aliphatic rings. The summed E-state index contributed by atoms with van der Waals surface area (Å²) in [4.78, 5) is 18.4. The molecule has 1 aromatic carbocycles. The average molecular weight is 406 g/mol. The van der Waals surface area contributed by atoms with E-state index in [1.165, 1.54) is 9.21 Å². The number of sulfonamides is 1. The molecule has 0 atom stereocenters. The molecule has 0 radical (unpaired) electrons. The number of aryl methyl sites for hydroxylation is 3. The van der Waals surface area contributed by atoms with Crippen LogP contribution in [-0.4, -0.2) is 55.7 Å². The first kappa shape index (κ1) is 20.5. The molecule has 2 aromatic rings. The van der Waals surface area contributed by atoms with Crippen LogP contribution in [0.25, 0.3) is 0 Å². The van der Waals surface area contributed by atoms with Crippen molar-refractivity contribution in [2.75, 3.05) is 27.2 Å². The number of amides is 1. The highest BCUT2D eigenvalue weighted by molar-refractivity contribution is 7.89. The van der Waals surface area contributed by atoms with Gasteiger partial charge in [-0.15, -0.1) is 0 Å². The molecular formula is C20H27N3O4S. The number of hydrogen-bond acceptors (Lipinski definition) is 5. The van der Waals surface area contributed by atoms with Gasteiger partial charge in [0.25, 0.3) is 5.91 Å². The SMILES string of the molecule is Cc1ccc(S(=O)(=O)N2CCC(c3nc(C(=O)N(C)C)c(C)o3)CC2)c(C)c1. The number of carbonyl (C=O) groups is 1. The van der Waals surface area contributed by atoms with E-state index in [9.17, 15) is 13.2 Å². The summed E-state index contributed by atoms with van der Waals surface area (Å²) < 4.78 is 33.3. The van der Waals surface area contributed by atoms with Crippen LogP contribution in [0, 0.1) is 20.8 Å². The Labute approximate surface area is 166 Å². The summed E-state index contributed by atoms with van der Waals surface area (Å²) in [5, 5.41) is 0. The Morgan fingerprint density at radius 2 is 1.82 bits per heavy atom. The lowest BCUT2D eigenvalue weighted by molar-refractivity contribution is 0.0821. The van der Waals surface area contributed by atoms with Crippen molar-refractivity contribution in [1.82, 2.24) is 14.2 Å². The maximum absolute atomic E-state index is 13.0. The minimum Gasteiger partial charge on any atom is -0.445 e. The highest BCUT2D eigenvalue weighted by Gasteiger charge is 2.33. The van der Waals surface area contributed by atoms with Crippen molar-refractivity contribution in [2.45, 2.75) is 44.4 Å². The van der Waals surface area contributed by atoms with E-state index in [4.69, 9.17) is 4.42 Å². The summed E-state index contributed by atoms with van der Waals surface area (Å²) in [5.41, 5.74) is 2.13. The van der Waals surface area contributed by atoms with E-state index in [1.807, 2.05) is 26.0 Å². The lowest BCUT2D eigenvalue weighted by Gasteiger charge is -2.30. The first-order chi connectivity index (χ1) is 13.1. The zero-order valence-electron chi connectivity index (χ0n) is 17.0. The van der Waals surface area contributed by atoms with E-state index < -0.39 is 10.0 Å². The van der Waals surface area contributed by atoms with Crippen LogP contribution in [0.4, 0.5) is 0 Å². The van der Waals surface area contributed by atoms with Gasteiger partial charge in [0.15, 0.2) is 11.6 Å². The molecule has 8 heteroatoms. The van der Waals surface area contributed by atoms with Gasteiger partial charge in [-0.2, -0.15) is 4.31 Å². The molecule has 1 aliphatic heterocycles. The Morgan fingerprint density at radius 3 is 2.39 bits per heavy atom. The Bertz CT molecular complexity index is 987. The standard InChI is InChI=1S/C20H27N3O4S/c1-13-6-7-17(14(2)12-13)28(25,26)23-10-8-16(9-11-23)19-21-18(15(3)27-19)20(24)22(4)5/h6-7,12,16H,8-11H2,1-5H3. The van der Waals surface area contributed by atoms with Crippen molar-refractivity contribution >= 4 is 15.9 Å². The zero-order chi connectivity index (χ0) is 20.6. The molecule has 152 valence electrons. The molecule has 28 heavy (non-hydrogen) atoms. The predicted molar refractivity (Wildman–Crippen MR) is 106 cm³/mol. The van der Waals surface area contributed by atoms with E-state index in [0.29, 0.717) is 48.2 Å². The number of nitrogens with zero attached hydrogens (tertiary/aromatic N) is 3. The smallest absolute Gasteiger partial charge is 0.275 e. The summed E-state index contributed by atoms with van der Waals surface area (Å²) in [5.74, 6) is 0.834. The number of piperidine rings is 1. The van der Waals surface area contributed by atoms with E-state index in [2.05, 4.69) is 4.98 Å². The Morgan fingerprint density at radius 1 is 1.18 bits per heavy atom. The summed E-state index contributed by atoms with van der Waals surface area (Å²) in [6, 6.07) is 5.40. The normalized spacial score (nSPS) is 16.3. The maximum atomic E-state index is 13.0. The number of carbonyl (C=O) groups excluding carboxylic acids is 1. The second kappa shape index (κ2) is 7.67. The molecule has 0 saturated carbocycles. The fourth-order valence-electron chi connectivity index (χ4n) is 3.57. The van der Waals surface area contributed by atoms with Crippen LogP contribution in [-0.2, 0) is 10.0 Å². The average Bonchev–Trinajstić information content (AvgIpc) is 3.02. The number of aromatic nitrogens is 1. The molecule has 1 saturated heterocycles. The second-order valence-electron chi connectivity index (χ2n) is 7.60. The van der Waals surface area contributed by atoms with Gasteiger partial charge in [-0.1, -0.05) is 17.7 Å². The van der Waals surface area contributed by atoms with Crippen molar-refractivity contribution in [3.63, 3.8) is 0 Å². The molecular weight excluding hydrogens is 378 g/mol. The van der Waals surface area contributed by atoms with E-state index >= 15 is 0 Å². The number of hydrogen-bond donors (Lipinski definition) is 0.